The molecule has 0 aliphatic rings. The minimum absolute atomic E-state index is 0.498. The van der Waals surface area contributed by atoms with Crippen molar-refractivity contribution in [2.45, 2.75) is 6.10 Å². The van der Waals surface area contributed by atoms with E-state index in [2.05, 4.69) is 0 Å². The lowest BCUT2D eigenvalue weighted by Crippen LogP contribution is -2.03. The first kappa shape index (κ1) is 13.0. The van der Waals surface area contributed by atoms with Gasteiger partial charge in [-0.1, -0.05) is 54.1 Å². The van der Waals surface area contributed by atoms with Crippen LogP contribution in [0.2, 0.25) is 5.02 Å². The Morgan fingerprint density at radius 3 is 2.40 bits per heavy atom. The number of benzene rings is 3. The summed E-state index contributed by atoms with van der Waals surface area (Å²) in [4.78, 5) is 0. The van der Waals surface area contributed by atoms with Crippen LogP contribution in [0.25, 0.3) is 10.8 Å². The second kappa shape index (κ2) is 5.16. The van der Waals surface area contributed by atoms with Crippen molar-refractivity contribution in [2.75, 3.05) is 5.73 Å². The minimum atomic E-state index is -0.753. The molecule has 2 nitrogen and oxygen atoms in total. The highest BCUT2D eigenvalue weighted by Gasteiger charge is 2.14. The first-order valence-corrected chi connectivity index (χ1v) is 6.74. The summed E-state index contributed by atoms with van der Waals surface area (Å²) in [5.41, 5.74) is 7.91. The zero-order chi connectivity index (χ0) is 14.1. The van der Waals surface area contributed by atoms with Crippen molar-refractivity contribution in [3.8, 4) is 0 Å². The third-order valence-electron chi connectivity index (χ3n) is 3.43. The van der Waals surface area contributed by atoms with E-state index in [-0.39, 0.29) is 0 Å². The summed E-state index contributed by atoms with van der Waals surface area (Å²) in [6.07, 6.45) is -0.753. The van der Waals surface area contributed by atoms with E-state index in [4.69, 9.17) is 17.3 Å². The van der Waals surface area contributed by atoms with Crippen LogP contribution in [0.4, 0.5) is 5.69 Å². The number of nitrogens with two attached hydrogens (primary N) is 1. The predicted molar refractivity (Wildman–Crippen MR) is 83.9 cm³/mol. The highest BCUT2D eigenvalue weighted by atomic mass is 35.5. The number of aliphatic hydroxyl groups is 1. The molecule has 0 heterocycles. The Morgan fingerprint density at radius 1 is 0.900 bits per heavy atom. The zero-order valence-corrected chi connectivity index (χ0v) is 11.5. The Kier molecular flexibility index (Phi) is 3.35. The third-order valence-corrected chi connectivity index (χ3v) is 3.67. The summed E-state index contributed by atoms with van der Waals surface area (Å²) in [5, 5.41) is 13.3. The van der Waals surface area contributed by atoms with Gasteiger partial charge in [-0.05, 0) is 34.5 Å². The van der Waals surface area contributed by atoms with Gasteiger partial charge in [0.1, 0.15) is 6.10 Å². The summed E-state index contributed by atoms with van der Waals surface area (Å²) in [5.74, 6) is 0. The number of hydrogen-bond donors (Lipinski definition) is 2. The largest absolute Gasteiger partial charge is 0.398 e. The van der Waals surface area contributed by atoms with Gasteiger partial charge in [0.15, 0.2) is 0 Å². The molecule has 0 radical (unpaired) electrons. The molecule has 0 aromatic heterocycles. The van der Waals surface area contributed by atoms with Gasteiger partial charge >= 0.3 is 0 Å². The second-order valence-corrected chi connectivity index (χ2v) is 5.22. The maximum Gasteiger partial charge on any atom is 0.106 e. The molecule has 0 spiro atoms. The van der Waals surface area contributed by atoms with Gasteiger partial charge in [-0.2, -0.15) is 0 Å². The fourth-order valence-electron chi connectivity index (χ4n) is 2.35. The molecular weight excluding hydrogens is 270 g/mol. The van der Waals surface area contributed by atoms with E-state index in [0.29, 0.717) is 16.3 Å². The molecule has 1 atom stereocenters. The van der Waals surface area contributed by atoms with E-state index in [1.165, 1.54) is 0 Å². The van der Waals surface area contributed by atoms with Crippen molar-refractivity contribution in [1.29, 1.82) is 0 Å². The summed E-state index contributed by atoms with van der Waals surface area (Å²) < 4.78 is 0. The second-order valence-electron chi connectivity index (χ2n) is 4.78. The highest BCUT2D eigenvalue weighted by molar-refractivity contribution is 6.30. The fraction of sp³-hybridized carbons (Fsp3) is 0.0588. The van der Waals surface area contributed by atoms with Gasteiger partial charge in [-0.25, -0.2) is 0 Å². The van der Waals surface area contributed by atoms with Crippen molar-refractivity contribution < 1.29 is 5.11 Å². The van der Waals surface area contributed by atoms with Crippen LogP contribution in [0.3, 0.4) is 0 Å². The normalized spacial score (nSPS) is 12.5. The van der Waals surface area contributed by atoms with Crippen molar-refractivity contribution in [3.63, 3.8) is 0 Å². The number of halogens is 1. The Bertz CT molecular complexity index is 770. The Hall–Kier alpha value is -2.03. The van der Waals surface area contributed by atoms with E-state index in [9.17, 15) is 5.11 Å². The number of hydrogen-bond acceptors (Lipinski definition) is 2. The molecule has 0 bridgehead atoms. The topological polar surface area (TPSA) is 46.2 Å². The number of nitrogen functional groups attached to an aromatic ring is 1. The van der Waals surface area contributed by atoms with Crippen LogP contribution in [0.5, 0.6) is 0 Å². The molecule has 3 aromatic carbocycles. The van der Waals surface area contributed by atoms with Gasteiger partial charge in [-0.3, -0.25) is 0 Å². The molecule has 0 aliphatic carbocycles. The molecule has 0 saturated heterocycles. The Labute approximate surface area is 122 Å². The van der Waals surface area contributed by atoms with Crippen LogP contribution in [0.15, 0.2) is 60.7 Å². The molecule has 0 saturated carbocycles. The fourth-order valence-corrected chi connectivity index (χ4v) is 2.53. The molecule has 0 fully saturated rings. The average Bonchev–Trinajstić information content (AvgIpc) is 2.46. The van der Waals surface area contributed by atoms with Gasteiger partial charge in [0.05, 0.1) is 0 Å². The number of fused-ring (bicyclic) bond motifs is 1. The maximum absolute atomic E-state index is 10.5. The summed E-state index contributed by atoms with van der Waals surface area (Å²) in [6.45, 7) is 0. The smallest absolute Gasteiger partial charge is 0.106 e. The lowest BCUT2D eigenvalue weighted by molar-refractivity contribution is 0.221. The standard InChI is InChI=1S/C17H14ClNO/c18-14-7-8-15(16(19)10-14)17(20)13-6-5-11-3-1-2-4-12(11)9-13/h1-10,17,20H,19H2. The van der Waals surface area contributed by atoms with E-state index < -0.39 is 6.10 Å². The molecule has 0 amide bonds. The molecule has 3 N–H and O–H groups in total. The Balaban J connectivity index is 2.05. The molecule has 3 rings (SSSR count). The molecular formula is C17H14ClNO. The molecule has 20 heavy (non-hydrogen) atoms. The minimum Gasteiger partial charge on any atom is -0.398 e. The highest BCUT2D eigenvalue weighted by Crippen LogP contribution is 2.30. The average molecular weight is 284 g/mol. The van der Waals surface area contributed by atoms with E-state index in [1.54, 1.807) is 18.2 Å². The van der Waals surface area contributed by atoms with Crippen LogP contribution in [0, 0.1) is 0 Å². The number of rotatable bonds is 2. The van der Waals surface area contributed by atoms with Crippen molar-refractivity contribution in [3.05, 3.63) is 76.8 Å². The van der Waals surface area contributed by atoms with Crippen LogP contribution < -0.4 is 5.73 Å². The zero-order valence-electron chi connectivity index (χ0n) is 10.8. The quantitative estimate of drug-likeness (QED) is 0.694. The van der Waals surface area contributed by atoms with E-state index >= 15 is 0 Å². The first-order valence-electron chi connectivity index (χ1n) is 6.37. The maximum atomic E-state index is 10.5. The molecule has 0 aliphatic heterocycles. The van der Waals surface area contributed by atoms with Crippen LogP contribution >= 0.6 is 11.6 Å². The monoisotopic (exact) mass is 283 g/mol. The van der Waals surface area contributed by atoms with Gasteiger partial charge in [0.2, 0.25) is 0 Å². The van der Waals surface area contributed by atoms with E-state index in [1.807, 2.05) is 42.5 Å². The van der Waals surface area contributed by atoms with Crippen molar-refractivity contribution in [2.24, 2.45) is 0 Å². The van der Waals surface area contributed by atoms with Crippen molar-refractivity contribution in [1.82, 2.24) is 0 Å². The van der Waals surface area contributed by atoms with Gasteiger partial charge in [0, 0.05) is 16.3 Å². The molecule has 100 valence electrons. The molecule has 3 aromatic rings. The van der Waals surface area contributed by atoms with Crippen LogP contribution in [-0.4, -0.2) is 5.11 Å². The van der Waals surface area contributed by atoms with Gasteiger partial charge < -0.3 is 10.8 Å². The number of anilines is 1. The predicted octanol–water partition coefficient (Wildman–Crippen LogP) is 4.16. The van der Waals surface area contributed by atoms with Crippen LogP contribution in [-0.2, 0) is 0 Å². The lowest BCUT2D eigenvalue weighted by atomic mass is 9.97. The molecule has 1 unspecified atom stereocenters. The van der Waals surface area contributed by atoms with E-state index in [0.717, 1.165) is 16.3 Å². The lowest BCUT2D eigenvalue weighted by Gasteiger charge is -2.15. The van der Waals surface area contributed by atoms with Gasteiger partial charge in [-0.15, -0.1) is 0 Å². The van der Waals surface area contributed by atoms with Crippen LogP contribution in [0.1, 0.15) is 17.2 Å². The first-order chi connectivity index (χ1) is 9.65. The van der Waals surface area contributed by atoms with Crippen molar-refractivity contribution >= 4 is 28.1 Å². The summed E-state index contributed by atoms with van der Waals surface area (Å²) in [6, 6.07) is 19.1. The SMILES string of the molecule is Nc1cc(Cl)ccc1C(O)c1ccc2ccccc2c1. The summed E-state index contributed by atoms with van der Waals surface area (Å²) in [7, 11) is 0. The third kappa shape index (κ3) is 2.36. The summed E-state index contributed by atoms with van der Waals surface area (Å²) >= 11 is 5.88. The number of aliphatic hydroxyl groups excluding tert-OH is 1. The molecule has 3 heteroatoms. The van der Waals surface area contributed by atoms with Gasteiger partial charge in [0.25, 0.3) is 0 Å². The Morgan fingerprint density at radius 2 is 1.65 bits per heavy atom.